The van der Waals surface area contributed by atoms with E-state index in [-0.39, 0.29) is 5.56 Å². The van der Waals surface area contributed by atoms with Crippen LogP contribution in [0.15, 0.2) is 17.2 Å². The van der Waals surface area contributed by atoms with Gasteiger partial charge in [-0.1, -0.05) is 0 Å². The van der Waals surface area contributed by atoms with Gasteiger partial charge in [0.15, 0.2) is 0 Å². The Kier molecular flexibility index (Phi) is 4.62. The van der Waals surface area contributed by atoms with Gasteiger partial charge >= 0.3 is 0 Å². The van der Waals surface area contributed by atoms with Gasteiger partial charge in [0, 0.05) is 17.6 Å². The molecule has 1 aromatic rings. The highest BCUT2D eigenvalue weighted by Crippen LogP contribution is 1.86. The molecule has 1 heterocycles. The van der Waals surface area contributed by atoms with Crippen LogP contribution in [0, 0.1) is 6.92 Å². The first-order valence-corrected chi connectivity index (χ1v) is 4.94. The number of rotatable bonds is 5. The van der Waals surface area contributed by atoms with Crippen molar-refractivity contribution < 1.29 is 4.74 Å². The number of ether oxygens (including phenoxy) is 1. The van der Waals surface area contributed by atoms with Crippen LogP contribution in [0.4, 0.5) is 0 Å². The summed E-state index contributed by atoms with van der Waals surface area (Å²) in [5.74, 6) is 0.473. The third-order valence-corrected chi connectivity index (χ3v) is 1.87. The molecule has 0 aromatic carbocycles. The molecule has 0 saturated heterocycles. The zero-order valence-electron chi connectivity index (χ0n) is 8.07. The minimum atomic E-state index is -0.0491. The van der Waals surface area contributed by atoms with Crippen molar-refractivity contribution in [3.8, 4) is 0 Å². The third kappa shape index (κ3) is 3.47. The van der Waals surface area contributed by atoms with Gasteiger partial charge in [-0.05, 0) is 6.92 Å². The van der Waals surface area contributed by atoms with Gasteiger partial charge in [0.25, 0.3) is 5.56 Å². The lowest BCUT2D eigenvalue weighted by molar-refractivity contribution is 0.139. The fourth-order valence-corrected chi connectivity index (χ4v) is 1.11. The molecule has 0 atom stereocenters. The van der Waals surface area contributed by atoms with Crippen LogP contribution in [-0.4, -0.2) is 28.6 Å². The van der Waals surface area contributed by atoms with E-state index in [9.17, 15) is 4.79 Å². The molecule has 0 fully saturated rings. The molecule has 0 aliphatic rings. The quantitative estimate of drug-likeness (QED) is 0.541. The Morgan fingerprint density at radius 1 is 1.57 bits per heavy atom. The van der Waals surface area contributed by atoms with Gasteiger partial charge in [0.1, 0.15) is 0 Å². The minimum absolute atomic E-state index is 0.0491. The standard InChI is InChI=1S/C9H13ClN2O2/c1-8-6-9(13)12(7-11-8)3-5-14-4-2-10/h6-7H,2-5H2,1H3. The highest BCUT2D eigenvalue weighted by molar-refractivity contribution is 6.17. The first kappa shape index (κ1) is 11.2. The highest BCUT2D eigenvalue weighted by atomic mass is 35.5. The van der Waals surface area contributed by atoms with Crippen molar-refractivity contribution in [2.75, 3.05) is 19.1 Å². The van der Waals surface area contributed by atoms with E-state index in [2.05, 4.69) is 4.98 Å². The van der Waals surface area contributed by atoms with Crippen molar-refractivity contribution in [1.82, 2.24) is 9.55 Å². The molecule has 0 saturated carbocycles. The predicted octanol–water partition coefficient (Wildman–Crippen LogP) is 0.807. The summed E-state index contributed by atoms with van der Waals surface area (Å²) in [6, 6.07) is 1.50. The normalized spacial score (nSPS) is 10.4. The first-order chi connectivity index (χ1) is 6.74. The van der Waals surface area contributed by atoms with E-state index in [1.54, 1.807) is 6.92 Å². The summed E-state index contributed by atoms with van der Waals surface area (Å²) in [5.41, 5.74) is 0.680. The van der Waals surface area contributed by atoms with Crippen molar-refractivity contribution in [3.05, 3.63) is 28.4 Å². The van der Waals surface area contributed by atoms with Gasteiger partial charge in [-0.25, -0.2) is 4.98 Å². The molecular weight excluding hydrogens is 204 g/mol. The van der Waals surface area contributed by atoms with Crippen LogP contribution in [0.3, 0.4) is 0 Å². The Labute approximate surface area is 87.5 Å². The van der Waals surface area contributed by atoms with Crippen molar-refractivity contribution in [2.24, 2.45) is 0 Å². The summed E-state index contributed by atoms with van der Waals surface area (Å²) in [4.78, 5) is 15.4. The number of aryl methyl sites for hydroxylation is 1. The lowest BCUT2D eigenvalue weighted by Crippen LogP contribution is -2.22. The Morgan fingerprint density at radius 2 is 2.36 bits per heavy atom. The molecule has 0 unspecified atom stereocenters. The second-order valence-corrected chi connectivity index (χ2v) is 3.24. The Morgan fingerprint density at radius 3 is 3.00 bits per heavy atom. The molecule has 0 radical (unpaired) electrons. The van der Waals surface area contributed by atoms with Crippen LogP contribution in [0.2, 0.25) is 0 Å². The van der Waals surface area contributed by atoms with Gasteiger partial charge < -0.3 is 4.74 Å². The second-order valence-electron chi connectivity index (χ2n) is 2.86. The summed E-state index contributed by atoms with van der Waals surface area (Å²) in [6.45, 7) is 3.30. The average Bonchev–Trinajstić information content (AvgIpc) is 2.15. The number of alkyl halides is 1. The van der Waals surface area contributed by atoms with Crippen molar-refractivity contribution in [2.45, 2.75) is 13.5 Å². The molecule has 0 bridgehead atoms. The van der Waals surface area contributed by atoms with E-state index >= 15 is 0 Å². The van der Waals surface area contributed by atoms with Gasteiger partial charge in [-0.3, -0.25) is 9.36 Å². The number of nitrogens with zero attached hydrogens (tertiary/aromatic N) is 2. The Balaban J connectivity index is 2.47. The average molecular weight is 217 g/mol. The maximum absolute atomic E-state index is 11.3. The van der Waals surface area contributed by atoms with Crippen LogP contribution in [0.1, 0.15) is 5.69 Å². The molecule has 1 aromatic heterocycles. The molecule has 0 N–H and O–H groups in total. The van der Waals surface area contributed by atoms with Crippen LogP contribution >= 0.6 is 11.6 Å². The minimum Gasteiger partial charge on any atom is -0.378 e. The smallest absolute Gasteiger partial charge is 0.253 e. The number of hydrogen-bond acceptors (Lipinski definition) is 3. The molecule has 78 valence electrons. The zero-order chi connectivity index (χ0) is 10.4. The van der Waals surface area contributed by atoms with Gasteiger partial charge in [-0.15, -0.1) is 11.6 Å². The molecule has 5 heteroatoms. The SMILES string of the molecule is Cc1cc(=O)n(CCOCCCl)cn1. The topological polar surface area (TPSA) is 44.1 Å². The van der Waals surface area contributed by atoms with E-state index in [0.717, 1.165) is 5.69 Å². The monoisotopic (exact) mass is 216 g/mol. The maximum atomic E-state index is 11.3. The maximum Gasteiger partial charge on any atom is 0.253 e. The molecule has 0 aliphatic heterocycles. The van der Waals surface area contributed by atoms with E-state index in [0.29, 0.717) is 25.6 Å². The number of hydrogen-bond donors (Lipinski definition) is 0. The zero-order valence-corrected chi connectivity index (χ0v) is 8.83. The largest absolute Gasteiger partial charge is 0.378 e. The summed E-state index contributed by atoms with van der Waals surface area (Å²) in [7, 11) is 0. The van der Waals surface area contributed by atoms with E-state index < -0.39 is 0 Å². The molecule has 14 heavy (non-hydrogen) atoms. The first-order valence-electron chi connectivity index (χ1n) is 4.41. The third-order valence-electron chi connectivity index (χ3n) is 1.71. The van der Waals surface area contributed by atoms with Crippen molar-refractivity contribution in [3.63, 3.8) is 0 Å². The summed E-state index contributed by atoms with van der Waals surface area (Å²) in [6.07, 6.45) is 1.53. The van der Waals surface area contributed by atoms with Crippen LogP contribution in [0.25, 0.3) is 0 Å². The molecule has 0 amide bonds. The van der Waals surface area contributed by atoms with Gasteiger partial charge in [0.05, 0.1) is 26.1 Å². The van der Waals surface area contributed by atoms with E-state index in [4.69, 9.17) is 16.3 Å². The Bertz CT molecular complexity index is 338. The molecule has 0 spiro atoms. The summed E-state index contributed by atoms with van der Waals surface area (Å²) >= 11 is 5.43. The van der Waals surface area contributed by atoms with Gasteiger partial charge in [-0.2, -0.15) is 0 Å². The van der Waals surface area contributed by atoms with Crippen LogP contribution < -0.4 is 5.56 Å². The van der Waals surface area contributed by atoms with Gasteiger partial charge in [0.2, 0.25) is 0 Å². The predicted molar refractivity (Wildman–Crippen MR) is 54.8 cm³/mol. The Hall–Kier alpha value is -0.870. The van der Waals surface area contributed by atoms with Crippen LogP contribution in [0.5, 0.6) is 0 Å². The fourth-order valence-electron chi connectivity index (χ4n) is 1.00. The number of aromatic nitrogens is 2. The van der Waals surface area contributed by atoms with E-state index in [1.165, 1.54) is 17.0 Å². The van der Waals surface area contributed by atoms with E-state index in [1.807, 2.05) is 0 Å². The van der Waals surface area contributed by atoms with Crippen molar-refractivity contribution in [1.29, 1.82) is 0 Å². The second kappa shape index (κ2) is 5.78. The fraction of sp³-hybridized carbons (Fsp3) is 0.556. The molecule has 0 aliphatic carbocycles. The summed E-state index contributed by atoms with van der Waals surface area (Å²) < 4.78 is 6.67. The lowest BCUT2D eigenvalue weighted by Gasteiger charge is -2.05. The van der Waals surface area contributed by atoms with Crippen LogP contribution in [-0.2, 0) is 11.3 Å². The van der Waals surface area contributed by atoms with Crippen molar-refractivity contribution >= 4 is 11.6 Å². The highest BCUT2D eigenvalue weighted by Gasteiger charge is 1.96. The molecule has 4 nitrogen and oxygen atoms in total. The molecular formula is C9H13ClN2O2. The summed E-state index contributed by atoms with van der Waals surface area (Å²) in [5, 5.41) is 0. The lowest BCUT2D eigenvalue weighted by atomic mass is 10.4. The molecule has 1 rings (SSSR count). The number of halogens is 1.